The number of rotatable bonds is 5. The average Bonchev–Trinajstić information content (AvgIpc) is 3.10. The van der Waals surface area contributed by atoms with Crippen LogP contribution in [0.1, 0.15) is 5.56 Å². The van der Waals surface area contributed by atoms with Crippen molar-refractivity contribution in [2.24, 2.45) is 5.92 Å². The van der Waals surface area contributed by atoms with Crippen molar-refractivity contribution < 1.29 is 5.11 Å². The molecule has 3 rings (SSSR count). The summed E-state index contributed by atoms with van der Waals surface area (Å²) >= 11 is 0. The molecule has 6 nitrogen and oxygen atoms in total. The van der Waals surface area contributed by atoms with Gasteiger partial charge in [0.15, 0.2) is 0 Å². The summed E-state index contributed by atoms with van der Waals surface area (Å²) in [6, 6.07) is 3.92. The van der Waals surface area contributed by atoms with Crippen molar-refractivity contribution in [3.8, 4) is 11.3 Å². The number of nitrogens with one attached hydrogen (secondary N) is 3. The number of nitrogens with zero attached hydrogens (tertiary/aromatic N) is 2. The maximum atomic E-state index is 9.75. The minimum atomic E-state index is -0.246. The fourth-order valence-corrected chi connectivity index (χ4v) is 2.53. The first-order valence-electron chi connectivity index (χ1n) is 6.86. The molecule has 2 aromatic rings. The molecule has 0 aliphatic carbocycles. The van der Waals surface area contributed by atoms with E-state index in [-0.39, 0.29) is 12.0 Å². The lowest BCUT2D eigenvalue weighted by Gasteiger charge is -2.14. The van der Waals surface area contributed by atoms with E-state index < -0.39 is 0 Å². The first-order chi connectivity index (χ1) is 9.84. The maximum Gasteiger partial charge on any atom is 0.0716 e. The zero-order valence-corrected chi connectivity index (χ0v) is 11.2. The molecule has 2 atom stereocenters. The van der Waals surface area contributed by atoms with Gasteiger partial charge in [0.25, 0.3) is 0 Å². The Bertz CT molecular complexity index is 542. The van der Waals surface area contributed by atoms with Crippen molar-refractivity contribution in [1.82, 2.24) is 25.8 Å². The van der Waals surface area contributed by atoms with Gasteiger partial charge in [-0.1, -0.05) is 0 Å². The number of hydrogen-bond donors (Lipinski definition) is 4. The third kappa shape index (κ3) is 2.87. The third-order valence-corrected chi connectivity index (χ3v) is 3.69. The van der Waals surface area contributed by atoms with Crippen molar-refractivity contribution in [2.45, 2.75) is 12.6 Å². The highest BCUT2D eigenvalue weighted by molar-refractivity contribution is 5.61. The molecule has 0 radical (unpaired) electrons. The maximum absolute atomic E-state index is 9.75. The van der Waals surface area contributed by atoms with Gasteiger partial charge < -0.3 is 15.7 Å². The monoisotopic (exact) mass is 273 g/mol. The number of aliphatic hydroxyl groups excluding tert-OH is 1. The standard InChI is InChI=1S/C14H19N5O/c20-13-9-17-6-11(13)5-16-7-12-8-18-19-14(12)10-2-1-3-15-4-10/h1-4,8,11,13,16-17,20H,5-7,9H2,(H,18,19). The van der Waals surface area contributed by atoms with Crippen molar-refractivity contribution in [3.05, 3.63) is 36.3 Å². The van der Waals surface area contributed by atoms with Crippen molar-refractivity contribution in [3.63, 3.8) is 0 Å². The molecule has 0 saturated carbocycles. The van der Waals surface area contributed by atoms with Crippen LogP contribution in [-0.2, 0) is 6.54 Å². The van der Waals surface area contributed by atoms with Crippen molar-refractivity contribution >= 4 is 0 Å². The lowest BCUT2D eigenvalue weighted by Crippen LogP contribution is -2.30. The Morgan fingerprint density at radius 2 is 2.30 bits per heavy atom. The molecule has 3 heterocycles. The number of β-amino-alcohol motifs (C(OH)–C–C–N with tert-alkyl or cyclic N) is 1. The minimum Gasteiger partial charge on any atom is -0.391 e. The zero-order chi connectivity index (χ0) is 13.8. The lowest BCUT2D eigenvalue weighted by molar-refractivity contribution is 0.146. The smallest absolute Gasteiger partial charge is 0.0716 e. The van der Waals surface area contributed by atoms with Crippen LogP contribution in [0.25, 0.3) is 11.3 Å². The minimum absolute atomic E-state index is 0.246. The second-order valence-corrected chi connectivity index (χ2v) is 5.13. The van der Waals surface area contributed by atoms with Gasteiger partial charge in [-0.25, -0.2) is 0 Å². The lowest BCUT2D eigenvalue weighted by atomic mass is 10.1. The Morgan fingerprint density at radius 1 is 1.35 bits per heavy atom. The summed E-state index contributed by atoms with van der Waals surface area (Å²) in [4.78, 5) is 4.13. The van der Waals surface area contributed by atoms with Crippen molar-refractivity contribution in [2.75, 3.05) is 19.6 Å². The van der Waals surface area contributed by atoms with Crippen LogP contribution in [-0.4, -0.2) is 46.0 Å². The summed E-state index contributed by atoms with van der Waals surface area (Å²) in [6.07, 6.45) is 5.16. The molecule has 0 bridgehead atoms. The fraction of sp³-hybridized carbons (Fsp3) is 0.429. The SMILES string of the molecule is OC1CNCC1CNCc1cn[nH]c1-c1cccnc1. The normalized spacial score (nSPS) is 22.2. The highest BCUT2D eigenvalue weighted by atomic mass is 16.3. The highest BCUT2D eigenvalue weighted by Gasteiger charge is 2.24. The molecule has 1 aliphatic rings. The number of aliphatic hydroxyl groups is 1. The van der Waals surface area contributed by atoms with Gasteiger partial charge in [0.1, 0.15) is 0 Å². The second kappa shape index (κ2) is 6.13. The topological polar surface area (TPSA) is 85.9 Å². The van der Waals surface area contributed by atoms with Crippen molar-refractivity contribution in [1.29, 1.82) is 0 Å². The Labute approximate surface area is 117 Å². The van der Waals surface area contributed by atoms with Crippen LogP contribution in [0, 0.1) is 5.92 Å². The molecule has 1 saturated heterocycles. The van der Waals surface area contributed by atoms with E-state index in [1.165, 1.54) is 0 Å². The molecule has 0 amide bonds. The quantitative estimate of drug-likeness (QED) is 0.623. The molecule has 1 aliphatic heterocycles. The summed E-state index contributed by atoms with van der Waals surface area (Å²) in [7, 11) is 0. The summed E-state index contributed by atoms with van der Waals surface area (Å²) in [5.41, 5.74) is 3.14. The number of aromatic amines is 1. The third-order valence-electron chi connectivity index (χ3n) is 3.69. The molecule has 2 unspecified atom stereocenters. The molecular weight excluding hydrogens is 254 g/mol. The second-order valence-electron chi connectivity index (χ2n) is 5.13. The summed E-state index contributed by atoms with van der Waals surface area (Å²) in [6.45, 7) is 3.09. The summed E-state index contributed by atoms with van der Waals surface area (Å²) in [5.74, 6) is 0.281. The van der Waals surface area contributed by atoms with Crippen LogP contribution < -0.4 is 10.6 Å². The number of hydrogen-bond acceptors (Lipinski definition) is 5. The Hall–Kier alpha value is -1.76. The van der Waals surface area contributed by atoms with E-state index in [1.54, 1.807) is 6.20 Å². The predicted octanol–water partition coefficient (Wildman–Crippen LogP) is 0.142. The van der Waals surface area contributed by atoms with E-state index in [0.29, 0.717) is 6.54 Å². The molecule has 1 fully saturated rings. The highest BCUT2D eigenvalue weighted by Crippen LogP contribution is 2.19. The van der Waals surface area contributed by atoms with Crippen LogP contribution in [0.15, 0.2) is 30.7 Å². The van der Waals surface area contributed by atoms with E-state index in [0.717, 1.165) is 36.5 Å². The van der Waals surface area contributed by atoms with Crippen LogP contribution in [0.4, 0.5) is 0 Å². The van der Waals surface area contributed by atoms with Crippen LogP contribution in [0.2, 0.25) is 0 Å². The average molecular weight is 273 g/mol. The molecule has 4 N–H and O–H groups in total. The largest absolute Gasteiger partial charge is 0.391 e. The number of aromatic nitrogens is 3. The van der Waals surface area contributed by atoms with Gasteiger partial charge in [-0.05, 0) is 12.1 Å². The zero-order valence-electron chi connectivity index (χ0n) is 11.2. The van der Waals surface area contributed by atoms with Gasteiger partial charge in [-0.3, -0.25) is 10.1 Å². The van der Waals surface area contributed by atoms with Gasteiger partial charge in [0.05, 0.1) is 18.0 Å². The van der Waals surface area contributed by atoms with Crippen LogP contribution in [0.5, 0.6) is 0 Å². The van der Waals surface area contributed by atoms with Gasteiger partial charge in [-0.15, -0.1) is 0 Å². The summed E-state index contributed by atoms with van der Waals surface area (Å²) in [5, 5.41) is 23.5. The van der Waals surface area contributed by atoms with Gasteiger partial charge in [0, 0.05) is 55.6 Å². The molecule has 2 aromatic heterocycles. The summed E-state index contributed by atoms with van der Waals surface area (Å²) < 4.78 is 0. The van der Waals surface area contributed by atoms with E-state index in [1.807, 2.05) is 24.5 Å². The van der Waals surface area contributed by atoms with Gasteiger partial charge >= 0.3 is 0 Å². The van der Waals surface area contributed by atoms with Crippen LogP contribution in [0.3, 0.4) is 0 Å². The molecule has 0 spiro atoms. The number of pyridine rings is 1. The number of H-pyrrole nitrogens is 1. The first-order valence-corrected chi connectivity index (χ1v) is 6.86. The van der Waals surface area contributed by atoms with Crippen LogP contribution >= 0.6 is 0 Å². The van der Waals surface area contributed by atoms with E-state index >= 15 is 0 Å². The molecule has 106 valence electrons. The van der Waals surface area contributed by atoms with E-state index in [9.17, 15) is 5.11 Å². The molecule has 0 aromatic carbocycles. The Morgan fingerprint density at radius 3 is 3.05 bits per heavy atom. The molecule has 20 heavy (non-hydrogen) atoms. The Balaban J connectivity index is 1.60. The molecule has 6 heteroatoms. The molecular formula is C14H19N5O. The van der Waals surface area contributed by atoms with Gasteiger partial charge in [0.2, 0.25) is 0 Å². The Kier molecular flexibility index (Phi) is 4.05. The van der Waals surface area contributed by atoms with Gasteiger partial charge in [-0.2, -0.15) is 5.10 Å². The first kappa shape index (κ1) is 13.2. The fourth-order valence-electron chi connectivity index (χ4n) is 2.53. The van der Waals surface area contributed by atoms with E-state index in [4.69, 9.17) is 0 Å². The predicted molar refractivity (Wildman–Crippen MR) is 75.9 cm³/mol. The van der Waals surface area contributed by atoms with E-state index in [2.05, 4.69) is 25.8 Å².